The van der Waals surface area contributed by atoms with Crippen LogP contribution < -0.4 is 5.73 Å². The molecule has 1 unspecified atom stereocenters. The van der Waals surface area contributed by atoms with E-state index in [1.165, 1.54) is 10.9 Å². The molecule has 0 amide bonds. The summed E-state index contributed by atoms with van der Waals surface area (Å²) in [5.41, 5.74) is 6.84. The van der Waals surface area contributed by atoms with Crippen LogP contribution in [-0.2, 0) is 6.54 Å². The van der Waals surface area contributed by atoms with Crippen LogP contribution in [0.2, 0.25) is 0 Å². The highest BCUT2D eigenvalue weighted by molar-refractivity contribution is 7.10. The van der Waals surface area contributed by atoms with Gasteiger partial charge in [-0.1, -0.05) is 18.2 Å². The van der Waals surface area contributed by atoms with Gasteiger partial charge in [0.05, 0.1) is 5.69 Å². The summed E-state index contributed by atoms with van der Waals surface area (Å²) in [5.74, 6) is -0.343. The fourth-order valence-electron chi connectivity index (χ4n) is 1.87. The van der Waals surface area contributed by atoms with Gasteiger partial charge in [0.1, 0.15) is 5.82 Å². The Bertz CT molecular complexity index is 511. The number of benzene rings is 1. The molecule has 0 aliphatic carbocycles. The Kier molecular flexibility index (Phi) is 3.99. The van der Waals surface area contributed by atoms with Crippen molar-refractivity contribution >= 4 is 17.0 Å². The molecule has 0 saturated carbocycles. The normalized spacial score (nSPS) is 12.9. The zero-order chi connectivity index (χ0) is 13.1. The van der Waals surface area contributed by atoms with Gasteiger partial charge in [0.15, 0.2) is 0 Å². The highest BCUT2D eigenvalue weighted by atomic mass is 32.1. The second kappa shape index (κ2) is 5.50. The van der Waals surface area contributed by atoms with Crippen LogP contribution in [-0.4, -0.2) is 11.9 Å². The van der Waals surface area contributed by atoms with Gasteiger partial charge in [-0.05, 0) is 37.0 Å². The zero-order valence-electron chi connectivity index (χ0n) is 10.6. The van der Waals surface area contributed by atoms with Crippen molar-refractivity contribution in [1.29, 1.82) is 0 Å². The molecular weight excluding hydrogens is 247 g/mol. The van der Waals surface area contributed by atoms with E-state index < -0.39 is 0 Å². The van der Waals surface area contributed by atoms with E-state index in [2.05, 4.69) is 23.3 Å². The third-order valence-electron chi connectivity index (χ3n) is 3.18. The summed E-state index contributed by atoms with van der Waals surface area (Å²) in [7, 11) is 2.02. The number of nitrogens with two attached hydrogens (primary N) is 1. The lowest BCUT2D eigenvalue weighted by molar-refractivity contribution is 0.256. The molecule has 0 aliphatic heterocycles. The smallest absolute Gasteiger partial charge is 0.146 e. The van der Waals surface area contributed by atoms with Crippen molar-refractivity contribution in [1.82, 2.24) is 4.90 Å². The van der Waals surface area contributed by atoms with Gasteiger partial charge in [0.25, 0.3) is 0 Å². The predicted molar refractivity (Wildman–Crippen MR) is 75.0 cm³/mol. The number of rotatable bonds is 4. The lowest BCUT2D eigenvalue weighted by Crippen LogP contribution is -2.22. The highest BCUT2D eigenvalue weighted by Crippen LogP contribution is 2.26. The predicted octanol–water partition coefficient (Wildman–Crippen LogP) is 3.66. The van der Waals surface area contributed by atoms with E-state index >= 15 is 0 Å². The molecule has 0 spiro atoms. The van der Waals surface area contributed by atoms with Gasteiger partial charge >= 0.3 is 0 Å². The first-order valence-electron chi connectivity index (χ1n) is 5.86. The summed E-state index contributed by atoms with van der Waals surface area (Å²) in [4.78, 5) is 3.46. The summed E-state index contributed by atoms with van der Waals surface area (Å²) in [5, 5.41) is 2.07. The molecule has 0 radical (unpaired) electrons. The van der Waals surface area contributed by atoms with Crippen molar-refractivity contribution in [3.05, 3.63) is 52.0 Å². The second-order valence-corrected chi connectivity index (χ2v) is 5.40. The summed E-state index contributed by atoms with van der Waals surface area (Å²) < 4.78 is 13.4. The first kappa shape index (κ1) is 13.1. The molecule has 0 fully saturated rings. The zero-order valence-corrected chi connectivity index (χ0v) is 11.4. The number of para-hydroxylation sites is 1. The Hall–Kier alpha value is -1.39. The van der Waals surface area contributed by atoms with Crippen LogP contribution in [0.25, 0.3) is 0 Å². The third-order valence-corrected chi connectivity index (χ3v) is 4.22. The van der Waals surface area contributed by atoms with Crippen LogP contribution in [0.3, 0.4) is 0 Å². The molecule has 0 saturated heterocycles. The van der Waals surface area contributed by atoms with Gasteiger partial charge in [-0.15, -0.1) is 11.3 Å². The first-order valence-corrected chi connectivity index (χ1v) is 6.74. The number of hydrogen-bond donors (Lipinski definition) is 1. The van der Waals surface area contributed by atoms with Crippen LogP contribution in [0.5, 0.6) is 0 Å². The summed E-state index contributed by atoms with van der Waals surface area (Å²) >= 11 is 1.73. The SMILES string of the molecule is CC(c1cccs1)N(C)Cc1cccc(F)c1N. The van der Waals surface area contributed by atoms with E-state index in [1.54, 1.807) is 17.4 Å². The molecule has 2 rings (SSSR count). The van der Waals surface area contributed by atoms with Gasteiger partial charge in [0.2, 0.25) is 0 Å². The summed E-state index contributed by atoms with van der Waals surface area (Å²) in [6, 6.07) is 9.41. The maximum Gasteiger partial charge on any atom is 0.146 e. The van der Waals surface area contributed by atoms with Crippen LogP contribution >= 0.6 is 11.3 Å². The van der Waals surface area contributed by atoms with E-state index in [4.69, 9.17) is 5.73 Å². The van der Waals surface area contributed by atoms with Crippen molar-refractivity contribution < 1.29 is 4.39 Å². The van der Waals surface area contributed by atoms with Crippen LogP contribution in [0.1, 0.15) is 23.4 Å². The van der Waals surface area contributed by atoms with Gasteiger partial charge in [0, 0.05) is 17.5 Å². The van der Waals surface area contributed by atoms with Crippen molar-refractivity contribution in [2.45, 2.75) is 19.5 Å². The van der Waals surface area contributed by atoms with Crippen molar-refractivity contribution in [3.8, 4) is 0 Å². The molecule has 1 heterocycles. The molecule has 1 aromatic heterocycles. The Morgan fingerprint density at radius 3 is 2.78 bits per heavy atom. The standard InChI is InChI=1S/C14H17FN2S/c1-10(13-7-4-8-18-13)17(2)9-11-5-3-6-12(15)14(11)16/h3-8,10H,9,16H2,1-2H3. The Morgan fingerprint density at radius 2 is 2.11 bits per heavy atom. The molecule has 1 atom stereocenters. The number of thiophene rings is 1. The molecule has 18 heavy (non-hydrogen) atoms. The molecule has 2 aromatic rings. The topological polar surface area (TPSA) is 29.3 Å². The van der Waals surface area contributed by atoms with E-state index in [0.29, 0.717) is 12.6 Å². The van der Waals surface area contributed by atoms with Gasteiger partial charge in [-0.25, -0.2) is 4.39 Å². The number of hydrogen-bond acceptors (Lipinski definition) is 3. The number of halogens is 1. The van der Waals surface area contributed by atoms with Crippen molar-refractivity contribution in [2.24, 2.45) is 0 Å². The average molecular weight is 264 g/mol. The Balaban J connectivity index is 2.12. The average Bonchev–Trinajstić information content (AvgIpc) is 2.87. The van der Waals surface area contributed by atoms with Gasteiger partial charge in [-0.3, -0.25) is 4.90 Å². The minimum atomic E-state index is -0.343. The summed E-state index contributed by atoms with van der Waals surface area (Å²) in [6.45, 7) is 2.78. The lowest BCUT2D eigenvalue weighted by Gasteiger charge is -2.24. The molecule has 0 aliphatic rings. The fraction of sp³-hybridized carbons (Fsp3) is 0.286. The molecule has 4 heteroatoms. The van der Waals surface area contributed by atoms with Crippen LogP contribution in [0.15, 0.2) is 35.7 Å². The van der Waals surface area contributed by atoms with Crippen molar-refractivity contribution in [2.75, 3.05) is 12.8 Å². The third kappa shape index (κ3) is 2.71. The van der Waals surface area contributed by atoms with E-state index in [1.807, 2.05) is 19.2 Å². The van der Waals surface area contributed by atoms with Crippen LogP contribution in [0, 0.1) is 5.82 Å². The fourth-order valence-corrected chi connectivity index (χ4v) is 2.72. The molecule has 1 aromatic carbocycles. The number of nitrogens with zero attached hydrogens (tertiary/aromatic N) is 1. The number of nitrogen functional groups attached to an aromatic ring is 1. The van der Waals surface area contributed by atoms with E-state index in [-0.39, 0.29) is 11.5 Å². The monoisotopic (exact) mass is 264 g/mol. The minimum absolute atomic E-state index is 0.253. The van der Waals surface area contributed by atoms with Gasteiger partial charge in [-0.2, -0.15) is 0 Å². The highest BCUT2D eigenvalue weighted by Gasteiger charge is 2.14. The van der Waals surface area contributed by atoms with Crippen LogP contribution in [0.4, 0.5) is 10.1 Å². The van der Waals surface area contributed by atoms with Crippen molar-refractivity contribution in [3.63, 3.8) is 0 Å². The lowest BCUT2D eigenvalue weighted by atomic mass is 10.1. The Labute approximate surface area is 111 Å². The second-order valence-electron chi connectivity index (χ2n) is 4.42. The minimum Gasteiger partial charge on any atom is -0.396 e. The number of anilines is 1. The quantitative estimate of drug-likeness (QED) is 0.854. The van der Waals surface area contributed by atoms with Gasteiger partial charge < -0.3 is 5.73 Å². The maximum atomic E-state index is 13.4. The first-order chi connectivity index (χ1) is 8.59. The Morgan fingerprint density at radius 1 is 1.33 bits per heavy atom. The molecule has 2 N–H and O–H groups in total. The maximum absolute atomic E-state index is 13.4. The largest absolute Gasteiger partial charge is 0.396 e. The molecule has 2 nitrogen and oxygen atoms in total. The molecule has 96 valence electrons. The van der Waals surface area contributed by atoms with E-state index in [0.717, 1.165) is 5.56 Å². The molecular formula is C14H17FN2S. The molecule has 0 bridgehead atoms. The van der Waals surface area contributed by atoms with E-state index in [9.17, 15) is 4.39 Å². The summed E-state index contributed by atoms with van der Waals surface area (Å²) in [6.07, 6.45) is 0.